The van der Waals surface area contributed by atoms with E-state index in [0.29, 0.717) is 6.54 Å². The lowest BCUT2D eigenvalue weighted by molar-refractivity contribution is 0.415. The lowest BCUT2D eigenvalue weighted by Gasteiger charge is -2.15. The van der Waals surface area contributed by atoms with E-state index < -0.39 is 0 Å². The zero-order valence-electron chi connectivity index (χ0n) is 11.5. The van der Waals surface area contributed by atoms with Crippen LogP contribution in [-0.2, 0) is 0 Å². The topological polar surface area (TPSA) is 51.0 Å². The Morgan fingerprint density at radius 1 is 1.15 bits per heavy atom. The summed E-state index contributed by atoms with van der Waals surface area (Å²) >= 11 is 0. The van der Waals surface area contributed by atoms with Gasteiger partial charge in [0.2, 0.25) is 0 Å². The van der Waals surface area contributed by atoms with E-state index >= 15 is 0 Å². The van der Waals surface area contributed by atoms with Gasteiger partial charge in [-0.25, -0.2) is 0 Å². The number of fused-ring (bicyclic) bond motifs is 1. The van der Waals surface area contributed by atoms with Crippen LogP contribution in [0.4, 0.5) is 0 Å². The summed E-state index contributed by atoms with van der Waals surface area (Å²) in [6, 6.07) is 16.4. The van der Waals surface area contributed by atoms with Gasteiger partial charge in [-0.15, -0.1) is 0 Å². The van der Waals surface area contributed by atoms with Crippen molar-refractivity contribution in [1.82, 2.24) is 4.98 Å². The van der Waals surface area contributed by atoms with Gasteiger partial charge in [-0.1, -0.05) is 30.3 Å². The molecule has 1 unspecified atom stereocenters. The molecule has 0 aliphatic rings. The van der Waals surface area contributed by atoms with Crippen molar-refractivity contribution >= 4 is 10.9 Å². The SMILES string of the molecule is COc1ccc2[nH]cc(C(CN)c3ccccc3)c2c1. The fraction of sp³-hybridized carbons (Fsp3) is 0.176. The predicted molar refractivity (Wildman–Crippen MR) is 82.2 cm³/mol. The Kier molecular flexibility index (Phi) is 3.44. The molecule has 102 valence electrons. The van der Waals surface area contributed by atoms with Crippen molar-refractivity contribution in [3.8, 4) is 5.75 Å². The van der Waals surface area contributed by atoms with Gasteiger partial charge in [-0.05, 0) is 29.3 Å². The maximum Gasteiger partial charge on any atom is 0.119 e. The number of rotatable bonds is 4. The first-order chi connectivity index (χ1) is 9.83. The quantitative estimate of drug-likeness (QED) is 0.761. The van der Waals surface area contributed by atoms with E-state index in [0.717, 1.165) is 11.3 Å². The number of benzene rings is 2. The van der Waals surface area contributed by atoms with Crippen molar-refractivity contribution in [3.63, 3.8) is 0 Å². The van der Waals surface area contributed by atoms with Gasteiger partial charge >= 0.3 is 0 Å². The zero-order chi connectivity index (χ0) is 13.9. The molecular formula is C17H18N2O. The van der Waals surface area contributed by atoms with E-state index in [1.807, 2.05) is 30.3 Å². The normalized spacial score (nSPS) is 12.5. The van der Waals surface area contributed by atoms with Crippen molar-refractivity contribution in [1.29, 1.82) is 0 Å². The highest BCUT2D eigenvalue weighted by Gasteiger charge is 2.16. The summed E-state index contributed by atoms with van der Waals surface area (Å²) < 4.78 is 5.32. The highest BCUT2D eigenvalue weighted by molar-refractivity contribution is 5.85. The van der Waals surface area contributed by atoms with Crippen molar-refractivity contribution in [2.24, 2.45) is 5.73 Å². The van der Waals surface area contributed by atoms with E-state index in [1.165, 1.54) is 16.5 Å². The van der Waals surface area contributed by atoms with Crippen LogP contribution in [0.2, 0.25) is 0 Å². The molecule has 0 spiro atoms. The van der Waals surface area contributed by atoms with Crippen LogP contribution in [0.3, 0.4) is 0 Å². The van der Waals surface area contributed by atoms with Gasteiger partial charge < -0.3 is 15.5 Å². The predicted octanol–water partition coefficient (Wildman–Crippen LogP) is 3.27. The van der Waals surface area contributed by atoms with Crippen LogP contribution in [0.25, 0.3) is 10.9 Å². The van der Waals surface area contributed by atoms with Crippen molar-refractivity contribution in [2.75, 3.05) is 13.7 Å². The molecule has 3 heteroatoms. The first-order valence-electron chi connectivity index (χ1n) is 6.73. The first kappa shape index (κ1) is 12.8. The third kappa shape index (κ3) is 2.17. The number of nitrogens with two attached hydrogens (primary N) is 1. The Morgan fingerprint density at radius 2 is 1.95 bits per heavy atom. The third-order valence-corrected chi connectivity index (χ3v) is 3.73. The Hall–Kier alpha value is -2.26. The average Bonchev–Trinajstić information content (AvgIpc) is 2.92. The smallest absolute Gasteiger partial charge is 0.119 e. The number of H-pyrrole nitrogens is 1. The maximum absolute atomic E-state index is 6.01. The Bertz CT molecular complexity index is 703. The number of hydrogen-bond acceptors (Lipinski definition) is 2. The summed E-state index contributed by atoms with van der Waals surface area (Å²) in [5, 5.41) is 1.17. The van der Waals surface area contributed by atoms with Crippen LogP contribution in [0.5, 0.6) is 5.75 Å². The van der Waals surface area contributed by atoms with E-state index in [-0.39, 0.29) is 5.92 Å². The van der Waals surface area contributed by atoms with Gasteiger partial charge in [0.1, 0.15) is 5.75 Å². The highest BCUT2D eigenvalue weighted by atomic mass is 16.5. The molecule has 3 rings (SSSR count). The van der Waals surface area contributed by atoms with Crippen LogP contribution >= 0.6 is 0 Å². The molecule has 0 bridgehead atoms. The maximum atomic E-state index is 6.01. The Balaban J connectivity index is 2.12. The van der Waals surface area contributed by atoms with E-state index in [9.17, 15) is 0 Å². The van der Waals surface area contributed by atoms with Crippen LogP contribution in [0, 0.1) is 0 Å². The van der Waals surface area contributed by atoms with Crippen LogP contribution < -0.4 is 10.5 Å². The largest absolute Gasteiger partial charge is 0.497 e. The van der Waals surface area contributed by atoms with Crippen LogP contribution in [-0.4, -0.2) is 18.6 Å². The number of aromatic amines is 1. The fourth-order valence-corrected chi connectivity index (χ4v) is 2.66. The van der Waals surface area contributed by atoms with Crippen molar-refractivity contribution in [2.45, 2.75) is 5.92 Å². The minimum atomic E-state index is 0.192. The molecule has 3 N–H and O–H groups in total. The van der Waals surface area contributed by atoms with Gasteiger partial charge in [0.25, 0.3) is 0 Å². The van der Waals surface area contributed by atoms with Crippen molar-refractivity contribution in [3.05, 3.63) is 65.9 Å². The van der Waals surface area contributed by atoms with Gasteiger partial charge in [-0.3, -0.25) is 0 Å². The molecule has 20 heavy (non-hydrogen) atoms. The summed E-state index contributed by atoms with van der Waals surface area (Å²) in [5.41, 5.74) is 9.57. The molecule has 0 radical (unpaired) electrons. The molecule has 0 aliphatic heterocycles. The van der Waals surface area contributed by atoms with Gasteiger partial charge in [0.15, 0.2) is 0 Å². The Labute approximate surface area is 118 Å². The summed E-state index contributed by atoms with van der Waals surface area (Å²) in [6.45, 7) is 0.578. The molecule has 1 atom stereocenters. The third-order valence-electron chi connectivity index (χ3n) is 3.73. The minimum Gasteiger partial charge on any atom is -0.497 e. The number of methoxy groups -OCH3 is 1. The second-order valence-corrected chi connectivity index (χ2v) is 4.85. The molecule has 1 heterocycles. The Morgan fingerprint density at radius 3 is 2.65 bits per heavy atom. The monoisotopic (exact) mass is 266 g/mol. The molecule has 0 saturated heterocycles. The van der Waals surface area contributed by atoms with Crippen LogP contribution in [0.1, 0.15) is 17.0 Å². The number of nitrogens with one attached hydrogen (secondary N) is 1. The fourth-order valence-electron chi connectivity index (χ4n) is 2.66. The molecule has 0 aliphatic carbocycles. The first-order valence-corrected chi connectivity index (χ1v) is 6.73. The molecule has 0 fully saturated rings. The highest BCUT2D eigenvalue weighted by Crippen LogP contribution is 2.32. The minimum absolute atomic E-state index is 0.192. The summed E-state index contributed by atoms with van der Waals surface area (Å²) in [5.74, 6) is 1.05. The molecule has 3 nitrogen and oxygen atoms in total. The molecule has 0 saturated carbocycles. The number of hydrogen-bond donors (Lipinski definition) is 2. The lowest BCUT2D eigenvalue weighted by Crippen LogP contribution is -2.13. The molecule has 3 aromatic rings. The standard InChI is InChI=1S/C17H18N2O/c1-20-13-7-8-17-14(9-13)16(11-19-17)15(10-18)12-5-3-2-4-6-12/h2-9,11,15,19H,10,18H2,1H3. The number of ether oxygens (including phenoxy) is 1. The van der Waals surface area contributed by atoms with Gasteiger partial charge in [-0.2, -0.15) is 0 Å². The van der Waals surface area contributed by atoms with E-state index in [1.54, 1.807) is 7.11 Å². The second-order valence-electron chi connectivity index (χ2n) is 4.85. The van der Waals surface area contributed by atoms with Gasteiger partial charge in [0, 0.05) is 29.6 Å². The average molecular weight is 266 g/mol. The number of aromatic nitrogens is 1. The van der Waals surface area contributed by atoms with Gasteiger partial charge in [0.05, 0.1) is 7.11 Å². The van der Waals surface area contributed by atoms with E-state index in [2.05, 4.69) is 29.4 Å². The van der Waals surface area contributed by atoms with E-state index in [4.69, 9.17) is 10.5 Å². The second kappa shape index (κ2) is 5.39. The molecule has 1 aromatic heterocycles. The molecular weight excluding hydrogens is 248 g/mol. The molecule has 2 aromatic carbocycles. The zero-order valence-corrected chi connectivity index (χ0v) is 11.5. The molecule has 0 amide bonds. The summed E-state index contributed by atoms with van der Waals surface area (Å²) in [4.78, 5) is 3.31. The van der Waals surface area contributed by atoms with Crippen LogP contribution in [0.15, 0.2) is 54.7 Å². The van der Waals surface area contributed by atoms with Crippen molar-refractivity contribution < 1.29 is 4.74 Å². The lowest BCUT2D eigenvalue weighted by atomic mass is 9.91. The summed E-state index contributed by atoms with van der Waals surface area (Å²) in [7, 11) is 1.69. The summed E-state index contributed by atoms with van der Waals surface area (Å²) in [6.07, 6.45) is 2.05.